The van der Waals surface area contributed by atoms with Gasteiger partial charge in [0.25, 0.3) is 0 Å². The Hall–Kier alpha value is -2.90. The molecule has 0 aliphatic carbocycles. The number of nitrogens with zero attached hydrogens (tertiary/aromatic N) is 4. The number of carbonyl (C=O) groups is 1. The van der Waals surface area contributed by atoms with Gasteiger partial charge in [-0.2, -0.15) is 4.98 Å². The lowest BCUT2D eigenvalue weighted by molar-refractivity contribution is 0.165. The highest BCUT2D eigenvalue weighted by Crippen LogP contribution is 2.21. The van der Waals surface area contributed by atoms with E-state index in [4.69, 9.17) is 4.52 Å². The van der Waals surface area contributed by atoms with Gasteiger partial charge in [-0.1, -0.05) is 24.2 Å². The summed E-state index contributed by atoms with van der Waals surface area (Å²) < 4.78 is 5.09. The third-order valence-electron chi connectivity index (χ3n) is 5.16. The van der Waals surface area contributed by atoms with Crippen LogP contribution in [0.5, 0.6) is 0 Å². The van der Waals surface area contributed by atoms with Crippen molar-refractivity contribution in [2.45, 2.75) is 39.0 Å². The Labute approximate surface area is 163 Å². The largest absolute Gasteiger partial charge is 0.342 e. The van der Waals surface area contributed by atoms with Crippen molar-refractivity contribution in [1.82, 2.24) is 30.3 Å². The Bertz CT molecular complexity index is 901. The van der Waals surface area contributed by atoms with Gasteiger partial charge in [0.15, 0.2) is 5.82 Å². The summed E-state index contributed by atoms with van der Waals surface area (Å²) in [6.45, 7) is 4.03. The van der Waals surface area contributed by atoms with Crippen LogP contribution in [0.4, 0.5) is 4.79 Å². The molecule has 1 aromatic carbocycles. The molecular formula is C20H26N6O2. The molecule has 2 aromatic heterocycles. The number of aryl methyl sites for hydroxylation is 1. The summed E-state index contributed by atoms with van der Waals surface area (Å²) in [5.41, 5.74) is 2.06. The van der Waals surface area contributed by atoms with Crippen molar-refractivity contribution >= 4 is 17.1 Å². The van der Waals surface area contributed by atoms with Crippen LogP contribution in [-0.4, -0.2) is 50.7 Å². The van der Waals surface area contributed by atoms with Crippen LogP contribution in [0.15, 0.2) is 28.8 Å². The van der Waals surface area contributed by atoms with Gasteiger partial charge in [-0.25, -0.2) is 9.78 Å². The predicted octanol–water partition coefficient (Wildman–Crippen LogP) is 2.72. The minimum Gasteiger partial charge on any atom is -0.342 e. The third kappa shape index (κ3) is 4.32. The number of carbonyl (C=O) groups excluding carboxylic acids is 1. The second kappa shape index (κ2) is 8.41. The van der Waals surface area contributed by atoms with Gasteiger partial charge in [-0.05, 0) is 30.9 Å². The third-order valence-corrected chi connectivity index (χ3v) is 5.16. The number of urea groups is 1. The van der Waals surface area contributed by atoms with Gasteiger partial charge >= 0.3 is 6.03 Å². The average Bonchev–Trinajstić information content (AvgIpc) is 3.34. The Balaban J connectivity index is 1.27. The van der Waals surface area contributed by atoms with E-state index in [1.165, 1.54) is 0 Å². The van der Waals surface area contributed by atoms with Crippen molar-refractivity contribution in [3.8, 4) is 0 Å². The summed E-state index contributed by atoms with van der Waals surface area (Å²) in [7, 11) is 0. The number of amides is 2. The predicted molar refractivity (Wildman–Crippen MR) is 105 cm³/mol. The Morgan fingerprint density at radius 1 is 1.36 bits per heavy atom. The number of hydrogen-bond acceptors (Lipinski definition) is 5. The van der Waals surface area contributed by atoms with Crippen molar-refractivity contribution in [3.05, 3.63) is 41.8 Å². The smallest absolute Gasteiger partial charge is 0.317 e. The lowest BCUT2D eigenvalue weighted by atomic mass is 9.95. The molecule has 1 aliphatic heterocycles. The maximum Gasteiger partial charge on any atom is 0.317 e. The van der Waals surface area contributed by atoms with Crippen LogP contribution in [0.3, 0.4) is 0 Å². The van der Waals surface area contributed by atoms with E-state index >= 15 is 0 Å². The van der Waals surface area contributed by atoms with Crippen LogP contribution in [-0.2, 0) is 19.3 Å². The molecule has 8 heteroatoms. The number of benzene rings is 1. The van der Waals surface area contributed by atoms with E-state index < -0.39 is 0 Å². The van der Waals surface area contributed by atoms with Crippen molar-refractivity contribution in [2.75, 3.05) is 19.6 Å². The highest BCUT2D eigenvalue weighted by Gasteiger charge is 2.24. The first-order valence-electron chi connectivity index (χ1n) is 9.99. The monoisotopic (exact) mass is 382 g/mol. The van der Waals surface area contributed by atoms with E-state index in [2.05, 4.69) is 25.4 Å². The summed E-state index contributed by atoms with van der Waals surface area (Å²) in [6.07, 6.45) is 4.29. The summed E-state index contributed by atoms with van der Waals surface area (Å²) in [6, 6.07) is 8.04. The molecule has 148 valence electrons. The molecule has 3 aromatic rings. The van der Waals surface area contributed by atoms with Gasteiger partial charge in [0.05, 0.1) is 11.0 Å². The molecule has 8 nitrogen and oxygen atoms in total. The zero-order valence-corrected chi connectivity index (χ0v) is 16.1. The van der Waals surface area contributed by atoms with Crippen LogP contribution >= 0.6 is 0 Å². The molecule has 2 amide bonds. The molecule has 1 unspecified atom stereocenters. The number of aromatic amines is 1. The zero-order valence-electron chi connectivity index (χ0n) is 16.1. The average molecular weight is 382 g/mol. The highest BCUT2D eigenvalue weighted by molar-refractivity contribution is 5.75. The van der Waals surface area contributed by atoms with Crippen molar-refractivity contribution in [1.29, 1.82) is 0 Å². The molecule has 1 saturated heterocycles. The fourth-order valence-corrected chi connectivity index (χ4v) is 3.72. The fourth-order valence-electron chi connectivity index (χ4n) is 3.72. The van der Waals surface area contributed by atoms with E-state index in [1.807, 2.05) is 36.1 Å². The number of para-hydroxylation sites is 2. The topological polar surface area (TPSA) is 99.9 Å². The molecule has 1 atom stereocenters. The maximum absolute atomic E-state index is 12.5. The van der Waals surface area contributed by atoms with E-state index in [0.717, 1.165) is 55.6 Å². The fraction of sp³-hybridized carbons (Fsp3) is 0.500. The lowest BCUT2D eigenvalue weighted by Crippen LogP contribution is -2.46. The summed E-state index contributed by atoms with van der Waals surface area (Å²) in [5, 5.41) is 6.89. The Morgan fingerprint density at radius 2 is 2.25 bits per heavy atom. The van der Waals surface area contributed by atoms with Gasteiger partial charge in [0.2, 0.25) is 5.89 Å². The zero-order chi connectivity index (χ0) is 19.3. The van der Waals surface area contributed by atoms with Crippen LogP contribution in [0.25, 0.3) is 11.0 Å². The number of hydrogen-bond donors (Lipinski definition) is 2. The van der Waals surface area contributed by atoms with Gasteiger partial charge in [0.1, 0.15) is 5.82 Å². The minimum absolute atomic E-state index is 0.0199. The molecule has 4 rings (SSSR count). The number of fused-ring (bicyclic) bond motifs is 1. The number of imidazole rings is 1. The van der Waals surface area contributed by atoms with E-state index in [0.29, 0.717) is 30.6 Å². The highest BCUT2D eigenvalue weighted by atomic mass is 16.5. The van der Waals surface area contributed by atoms with Crippen LogP contribution < -0.4 is 5.32 Å². The first-order valence-corrected chi connectivity index (χ1v) is 9.99. The number of H-pyrrole nitrogens is 1. The van der Waals surface area contributed by atoms with Crippen LogP contribution in [0.1, 0.15) is 37.3 Å². The standard InChI is InChI=1S/C20H26N6O2/c1-2-19-24-17(25-28-19)9-10-21-20(27)26-11-5-6-14(13-26)12-18-22-15-7-3-4-8-16(15)23-18/h3-4,7-8,14H,2,5-6,9-13H2,1H3,(H,21,27)(H,22,23). The number of aromatic nitrogens is 4. The number of nitrogens with one attached hydrogen (secondary N) is 2. The first kappa shape index (κ1) is 18.5. The molecule has 3 heterocycles. The number of rotatable bonds is 6. The molecule has 1 aliphatic rings. The summed E-state index contributed by atoms with van der Waals surface area (Å²) >= 11 is 0. The van der Waals surface area contributed by atoms with Crippen LogP contribution in [0.2, 0.25) is 0 Å². The quantitative estimate of drug-likeness (QED) is 0.683. The summed E-state index contributed by atoms with van der Waals surface area (Å²) in [4.78, 5) is 26.7. The SMILES string of the molecule is CCc1nc(CCNC(=O)N2CCCC(Cc3nc4ccccc4[nH]3)C2)no1. The minimum atomic E-state index is -0.0199. The van der Waals surface area contributed by atoms with Gasteiger partial charge in [-0.3, -0.25) is 0 Å². The second-order valence-corrected chi connectivity index (χ2v) is 7.30. The molecule has 0 bridgehead atoms. The van der Waals surface area contributed by atoms with E-state index in [1.54, 1.807) is 0 Å². The second-order valence-electron chi connectivity index (χ2n) is 7.30. The van der Waals surface area contributed by atoms with Crippen molar-refractivity contribution in [3.63, 3.8) is 0 Å². The van der Waals surface area contributed by atoms with Gasteiger partial charge in [0, 0.05) is 38.9 Å². The molecule has 2 N–H and O–H groups in total. The summed E-state index contributed by atoms with van der Waals surface area (Å²) in [5.74, 6) is 2.69. The Morgan fingerprint density at radius 3 is 3.07 bits per heavy atom. The first-order chi connectivity index (χ1) is 13.7. The maximum atomic E-state index is 12.5. The van der Waals surface area contributed by atoms with Crippen LogP contribution in [0, 0.1) is 5.92 Å². The van der Waals surface area contributed by atoms with E-state index in [9.17, 15) is 4.79 Å². The van der Waals surface area contributed by atoms with E-state index in [-0.39, 0.29) is 6.03 Å². The number of likely N-dealkylation sites (tertiary alicyclic amines) is 1. The van der Waals surface area contributed by atoms with Crippen molar-refractivity contribution < 1.29 is 9.32 Å². The molecule has 1 fully saturated rings. The molecule has 0 radical (unpaired) electrons. The van der Waals surface area contributed by atoms with Crippen molar-refractivity contribution in [2.24, 2.45) is 5.92 Å². The molecular weight excluding hydrogens is 356 g/mol. The normalized spacial score (nSPS) is 17.2. The molecule has 28 heavy (non-hydrogen) atoms. The van der Waals surface area contributed by atoms with Gasteiger partial charge in [-0.15, -0.1) is 0 Å². The Kier molecular flexibility index (Phi) is 5.55. The van der Waals surface area contributed by atoms with Gasteiger partial charge < -0.3 is 19.7 Å². The lowest BCUT2D eigenvalue weighted by Gasteiger charge is -2.32. The number of piperidine rings is 1. The molecule has 0 saturated carbocycles. The molecule has 0 spiro atoms.